The van der Waals surface area contributed by atoms with Crippen molar-refractivity contribution in [1.82, 2.24) is 15.5 Å². The van der Waals surface area contributed by atoms with E-state index < -0.39 is 6.43 Å². The van der Waals surface area contributed by atoms with Crippen molar-refractivity contribution in [2.45, 2.75) is 44.8 Å². The zero-order valence-electron chi connectivity index (χ0n) is 16.6. The molecule has 2 aliphatic heterocycles. The summed E-state index contributed by atoms with van der Waals surface area (Å²) in [6.45, 7) is 5.60. The Morgan fingerprint density at radius 3 is 2.64 bits per heavy atom. The molecule has 2 N–H and O–H groups in total. The third-order valence-electron chi connectivity index (χ3n) is 5.50. The predicted octanol–water partition coefficient (Wildman–Crippen LogP) is 3.05. The van der Waals surface area contributed by atoms with Crippen molar-refractivity contribution < 1.29 is 13.5 Å². The van der Waals surface area contributed by atoms with E-state index in [2.05, 4.69) is 22.8 Å². The van der Waals surface area contributed by atoms with Crippen molar-refractivity contribution in [2.75, 3.05) is 39.3 Å². The normalized spacial score (nSPS) is 24.6. The molecule has 7 heteroatoms. The van der Waals surface area contributed by atoms with Gasteiger partial charge in [0.1, 0.15) is 0 Å². The largest absolute Gasteiger partial charge is 0.373 e. The fourth-order valence-electron chi connectivity index (χ4n) is 4.01. The van der Waals surface area contributed by atoms with Gasteiger partial charge in [0, 0.05) is 44.7 Å². The molecule has 5 nitrogen and oxygen atoms in total. The number of alkyl halides is 2. The lowest BCUT2D eigenvalue weighted by Crippen LogP contribution is -2.49. The third-order valence-corrected chi connectivity index (χ3v) is 5.50. The Kier molecular flexibility index (Phi) is 8.03. The minimum atomic E-state index is -2.26. The molecule has 156 valence electrons. The van der Waals surface area contributed by atoms with Crippen LogP contribution in [-0.2, 0) is 4.74 Å². The first kappa shape index (κ1) is 21.0. The van der Waals surface area contributed by atoms with Gasteiger partial charge in [0.2, 0.25) is 0 Å². The van der Waals surface area contributed by atoms with E-state index in [0.29, 0.717) is 25.6 Å². The molecule has 2 saturated heterocycles. The number of ether oxygens (including phenoxy) is 1. The first-order valence-electron chi connectivity index (χ1n) is 10.4. The molecule has 0 radical (unpaired) electrons. The van der Waals surface area contributed by atoms with Crippen LogP contribution < -0.4 is 10.6 Å². The van der Waals surface area contributed by atoms with Crippen molar-refractivity contribution in [3.8, 4) is 0 Å². The van der Waals surface area contributed by atoms with Crippen LogP contribution in [-0.4, -0.2) is 62.7 Å². The second kappa shape index (κ2) is 10.7. The Bertz CT molecular complexity index is 606. The lowest BCUT2D eigenvalue weighted by atomic mass is 9.95. The van der Waals surface area contributed by atoms with E-state index in [-0.39, 0.29) is 18.7 Å². The predicted molar refractivity (Wildman–Crippen MR) is 108 cm³/mol. The van der Waals surface area contributed by atoms with Crippen LogP contribution in [0, 0.1) is 5.92 Å². The molecule has 0 aromatic heterocycles. The van der Waals surface area contributed by atoms with Crippen LogP contribution in [0.3, 0.4) is 0 Å². The van der Waals surface area contributed by atoms with Crippen LogP contribution in [0.2, 0.25) is 0 Å². The second-order valence-electron chi connectivity index (χ2n) is 7.58. The highest BCUT2D eigenvalue weighted by Crippen LogP contribution is 2.34. The van der Waals surface area contributed by atoms with Gasteiger partial charge in [0.15, 0.2) is 5.96 Å². The van der Waals surface area contributed by atoms with Gasteiger partial charge in [-0.3, -0.25) is 9.89 Å². The molecule has 2 fully saturated rings. The van der Waals surface area contributed by atoms with Crippen LogP contribution in [0.4, 0.5) is 8.78 Å². The molecule has 0 spiro atoms. The van der Waals surface area contributed by atoms with Gasteiger partial charge < -0.3 is 15.4 Å². The Labute approximate surface area is 166 Å². The first-order valence-corrected chi connectivity index (χ1v) is 10.4. The summed E-state index contributed by atoms with van der Waals surface area (Å²) in [7, 11) is 0. The van der Waals surface area contributed by atoms with Gasteiger partial charge >= 0.3 is 0 Å². The summed E-state index contributed by atoms with van der Waals surface area (Å²) in [6, 6.07) is 10.6. The van der Waals surface area contributed by atoms with Crippen LogP contribution in [0.1, 0.15) is 37.9 Å². The van der Waals surface area contributed by atoms with E-state index >= 15 is 0 Å². The molecule has 1 aromatic rings. The third kappa shape index (κ3) is 6.14. The highest BCUT2D eigenvalue weighted by Gasteiger charge is 2.29. The molecular formula is C21H32F2N4O. The van der Waals surface area contributed by atoms with Gasteiger partial charge in [0.05, 0.1) is 12.6 Å². The van der Waals surface area contributed by atoms with E-state index in [9.17, 15) is 8.78 Å². The molecule has 0 aliphatic carbocycles. The molecule has 2 aliphatic rings. The van der Waals surface area contributed by atoms with Crippen LogP contribution in [0.25, 0.3) is 0 Å². The van der Waals surface area contributed by atoms with Gasteiger partial charge in [-0.1, -0.05) is 30.3 Å². The molecule has 1 aromatic carbocycles. The van der Waals surface area contributed by atoms with Crippen molar-refractivity contribution in [1.29, 1.82) is 0 Å². The van der Waals surface area contributed by atoms with E-state index in [4.69, 9.17) is 9.73 Å². The lowest BCUT2D eigenvalue weighted by molar-refractivity contribution is 0.0744. The summed E-state index contributed by atoms with van der Waals surface area (Å²) in [4.78, 5) is 6.65. The maximum atomic E-state index is 12.5. The molecule has 0 saturated carbocycles. The zero-order chi connectivity index (χ0) is 19.8. The molecule has 28 heavy (non-hydrogen) atoms. The smallest absolute Gasteiger partial charge is 0.251 e. The quantitative estimate of drug-likeness (QED) is 0.551. The van der Waals surface area contributed by atoms with Gasteiger partial charge in [-0.2, -0.15) is 0 Å². The highest BCUT2D eigenvalue weighted by atomic mass is 19.3. The molecule has 3 rings (SSSR count). The number of rotatable bonds is 7. The van der Waals surface area contributed by atoms with E-state index in [1.807, 2.05) is 30.0 Å². The Balaban J connectivity index is 1.53. The van der Waals surface area contributed by atoms with Crippen LogP contribution in [0.15, 0.2) is 35.3 Å². The number of guanidine groups is 1. The molecule has 0 bridgehead atoms. The monoisotopic (exact) mass is 394 g/mol. The van der Waals surface area contributed by atoms with Gasteiger partial charge in [-0.15, -0.1) is 0 Å². The average Bonchev–Trinajstić information content (AvgIpc) is 3.17. The fraction of sp³-hybridized carbons (Fsp3) is 0.667. The van der Waals surface area contributed by atoms with Crippen molar-refractivity contribution >= 4 is 5.96 Å². The summed E-state index contributed by atoms with van der Waals surface area (Å²) in [5.74, 6) is 1.18. The highest BCUT2D eigenvalue weighted by molar-refractivity contribution is 5.80. The number of halogens is 2. The van der Waals surface area contributed by atoms with Crippen molar-refractivity contribution in [3.63, 3.8) is 0 Å². The molecule has 2 atom stereocenters. The number of aliphatic imine (C=N–C) groups is 1. The maximum Gasteiger partial charge on any atom is 0.251 e. The number of benzene rings is 1. The van der Waals surface area contributed by atoms with Crippen molar-refractivity contribution in [3.05, 3.63) is 35.9 Å². The second-order valence-corrected chi connectivity index (χ2v) is 7.58. The number of likely N-dealkylation sites (tertiary alicyclic amines) is 1. The Morgan fingerprint density at radius 1 is 1.21 bits per heavy atom. The minimum Gasteiger partial charge on any atom is -0.373 e. The van der Waals surface area contributed by atoms with E-state index in [0.717, 1.165) is 38.4 Å². The molecule has 2 heterocycles. The average molecular weight is 395 g/mol. The van der Waals surface area contributed by atoms with Gasteiger partial charge in [-0.25, -0.2) is 8.78 Å². The van der Waals surface area contributed by atoms with Crippen LogP contribution >= 0.6 is 0 Å². The summed E-state index contributed by atoms with van der Waals surface area (Å²) >= 11 is 0. The number of nitrogens with zero attached hydrogens (tertiary/aromatic N) is 2. The summed E-state index contributed by atoms with van der Waals surface area (Å²) in [5.41, 5.74) is 1.21. The summed E-state index contributed by atoms with van der Waals surface area (Å²) < 4.78 is 31.0. The topological polar surface area (TPSA) is 48.9 Å². The lowest BCUT2D eigenvalue weighted by Gasteiger charge is -2.32. The number of nitrogens with one attached hydrogen (secondary N) is 2. The standard InChI is InChI=1S/C21H32F2N4O/c1-2-24-21(26-18-8-11-27(12-9-18)15-19(22)23)25-14-17-10-13-28-20(17)16-6-4-3-5-7-16/h3-7,17-20H,2,8-15H2,1H3,(H2,24,25,26). The summed E-state index contributed by atoms with van der Waals surface area (Å²) in [6.07, 6.45) is 0.571. The number of hydrogen-bond acceptors (Lipinski definition) is 3. The van der Waals surface area contributed by atoms with E-state index in [1.165, 1.54) is 5.56 Å². The van der Waals surface area contributed by atoms with E-state index in [1.54, 1.807) is 0 Å². The van der Waals surface area contributed by atoms with Crippen LogP contribution in [0.5, 0.6) is 0 Å². The number of piperidine rings is 1. The Morgan fingerprint density at radius 2 is 1.96 bits per heavy atom. The maximum absolute atomic E-state index is 12.5. The molecular weight excluding hydrogens is 362 g/mol. The fourth-order valence-corrected chi connectivity index (χ4v) is 4.01. The Hall–Kier alpha value is -1.73. The SMILES string of the molecule is CCNC(=NCC1CCOC1c1ccccc1)NC1CCN(CC(F)F)CC1. The van der Waals surface area contributed by atoms with Gasteiger partial charge in [-0.05, 0) is 31.7 Å². The molecule has 0 amide bonds. The zero-order valence-corrected chi connectivity index (χ0v) is 16.6. The molecule has 2 unspecified atom stereocenters. The van der Waals surface area contributed by atoms with Gasteiger partial charge in [0.25, 0.3) is 6.43 Å². The summed E-state index contributed by atoms with van der Waals surface area (Å²) in [5, 5.41) is 6.81. The number of hydrogen-bond donors (Lipinski definition) is 2. The minimum absolute atomic E-state index is 0.102. The van der Waals surface area contributed by atoms with Crippen molar-refractivity contribution in [2.24, 2.45) is 10.9 Å². The first-order chi connectivity index (χ1) is 13.7.